The lowest BCUT2D eigenvalue weighted by Crippen LogP contribution is -2.32. The molecule has 0 aromatic carbocycles. The SMILES string of the molecule is CCOC(=O)C[C@@H](/C=C1/C(=O)[C@@]2(C)CC[C@H]1C2(C)C)C(=O)OCC. The van der Waals surface area contributed by atoms with Crippen molar-refractivity contribution < 1.29 is 23.9 Å². The van der Waals surface area contributed by atoms with E-state index in [1.807, 2.05) is 6.92 Å². The smallest absolute Gasteiger partial charge is 0.313 e. The van der Waals surface area contributed by atoms with Gasteiger partial charge in [0.05, 0.1) is 25.6 Å². The molecule has 0 heterocycles. The van der Waals surface area contributed by atoms with Gasteiger partial charge in [-0.2, -0.15) is 0 Å². The summed E-state index contributed by atoms with van der Waals surface area (Å²) in [5, 5.41) is 0. The Balaban J connectivity index is 2.31. The second kappa shape index (κ2) is 6.69. The van der Waals surface area contributed by atoms with Gasteiger partial charge in [-0.1, -0.05) is 26.8 Å². The molecule has 2 rings (SSSR count). The second-order valence-electron chi connectivity index (χ2n) is 7.46. The summed E-state index contributed by atoms with van der Waals surface area (Å²) >= 11 is 0. The highest BCUT2D eigenvalue weighted by atomic mass is 16.5. The van der Waals surface area contributed by atoms with Gasteiger partial charge in [0.1, 0.15) is 0 Å². The van der Waals surface area contributed by atoms with E-state index in [0.717, 1.165) is 12.8 Å². The standard InChI is InChI=1S/C19H28O5/c1-6-23-15(20)11-12(17(22)24-7-2)10-13-14-8-9-19(5,16(13)21)18(14,3)4/h10,12,14H,6-9,11H2,1-5H3/b13-10+/t12-,14-,19-/m1/s1. The van der Waals surface area contributed by atoms with Crippen LogP contribution in [0.4, 0.5) is 0 Å². The van der Waals surface area contributed by atoms with Crippen LogP contribution < -0.4 is 0 Å². The van der Waals surface area contributed by atoms with Crippen LogP contribution in [0.5, 0.6) is 0 Å². The summed E-state index contributed by atoms with van der Waals surface area (Å²) in [4.78, 5) is 37.0. The first-order valence-electron chi connectivity index (χ1n) is 8.77. The number of hydrogen-bond acceptors (Lipinski definition) is 5. The molecule has 0 unspecified atom stereocenters. The summed E-state index contributed by atoms with van der Waals surface area (Å²) < 4.78 is 10.0. The van der Waals surface area contributed by atoms with Gasteiger partial charge < -0.3 is 9.47 Å². The Hall–Kier alpha value is -1.65. The van der Waals surface area contributed by atoms with Crippen molar-refractivity contribution >= 4 is 17.7 Å². The molecule has 2 fully saturated rings. The van der Waals surface area contributed by atoms with Gasteiger partial charge in [-0.25, -0.2) is 0 Å². The molecular weight excluding hydrogens is 308 g/mol. The van der Waals surface area contributed by atoms with Crippen LogP contribution in [0.15, 0.2) is 11.6 Å². The van der Waals surface area contributed by atoms with Crippen molar-refractivity contribution in [3.8, 4) is 0 Å². The molecule has 0 saturated heterocycles. The molecule has 0 spiro atoms. The van der Waals surface area contributed by atoms with Crippen molar-refractivity contribution in [1.29, 1.82) is 0 Å². The molecule has 5 heteroatoms. The second-order valence-corrected chi connectivity index (χ2v) is 7.46. The number of ether oxygens (including phenoxy) is 2. The average Bonchev–Trinajstić information content (AvgIpc) is 2.81. The highest BCUT2D eigenvalue weighted by molar-refractivity contribution is 6.05. The first kappa shape index (κ1) is 18.7. The normalized spacial score (nSPS) is 30.5. The summed E-state index contributed by atoms with van der Waals surface area (Å²) in [6, 6.07) is 0. The lowest BCUT2D eigenvalue weighted by Gasteiger charge is -2.31. The molecule has 24 heavy (non-hydrogen) atoms. The van der Waals surface area contributed by atoms with E-state index in [1.54, 1.807) is 19.9 Å². The number of Topliss-reactive ketones (excluding diaryl/α,β-unsaturated/α-hetero) is 1. The molecule has 3 atom stereocenters. The third-order valence-electron chi connectivity index (χ3n) is 6.03. The molecule has 2 saturated carbocycles. The summed E-state index contributed by atoms with van der Waals surface area (Å²) in [6.45, 7) is 10.2. The van der Waals surface area contributed by atoms with E-state index in [1.165, 1.54) is 0 Å². The van der Waals surface area contributed by atoms with E-state index >= 15 is 0 Å². The monoisotopic (exact) mass is 336 g/mol. The molecule has 2 aliphatic carbocycles. The largest absolute Gasteiger partial charge is 0.466 e. The van der Waals surface area contributed by atoms with Crippen LogP contribution in [0.25, 0.3) is 0 Å². The maximum Gasteiger partial charge on any atom is 0.313 e. The van der Waals surface area contributed by atoms with Gasteiger partial charge in [0, 0.05) is 5.41 Å². The summed E-state index contributed by atoms with van der Waals surface area (Å²) in [5.41, 5.74) is 0.183. The molecule has 5 nitrogen and oxygen atoms in total. The quantitative estimate of drug-likeness (QED) is 0.551. The Morgan fingerprint density at radius 2 is 1.83 bits per heavy atom. The molecule has 0 N–H and O–H groups in total. The Morgan fingerprint density at radius 3 is 2.33 bits per heavy atom. The predicted octanol–water partition coefficient (Wildman–Crippen LogP) is 3.07. The molecule has 0 radical (unpaired) electrons. The van der Waals surface area contributed by atoms with Crippen LogP contribution in [0.1, 0.15) is 53.9 Å². The summed E-state index contributed by atoms with van der Waals surface area (Å²) in [5.74, 6) is -1.44. The van der Waals surface area contributed by atoms with Crippen LogP contribution in [0, 0.1) is 22.7 Å². The lowest BCUT2D eigenvalue weighted by molar-refractivity contribution is -0.153. The molecule has 134 valence electrons. The topological polar surface area (TPSA) is 69.7 Å². The van der Waals surface area contributed by atoms with Crippen LogP contribution in [0.2, 0.25) is 0 Å². The van der Waals surface area contributed by atoms with Crippen molar-refractivity contribution in [2.75, 3.05) is 13.2 Å². The Morgan fingerprint density at radius 1 is 1.21 bits per heavy atom. The van der Waals surface area contributed by atoms with Gasteiger partial charge in [-0.05, 0) is 43.6 Å². The number of carbonyl (C=O) groups is 3. The molecular formula is C19H28O5. The van der Waals surface area contributed by atoms with Gasteiger partial charge in [-0.15, -0.1) is 0 Å². The van der Waals surface area contributed by atoms with Gasteiger partial charge >= 0.3 is 11.9 Å². The van der Waals surface area contributed by atoms with E-state index in [2.05, 4.69) is 13.8 Å². The van der Waals surface area contributed by atoms with Crippen LogP contribution >= 0.6 is 0 Å². The summed E-state index contributed by atoms with van der Waals surface area (Å²) in [6.07, 6.45) is 3.40. The van der Waals surface area contributed by atoms with E-state index < -0.39 is 17.9 Å². The van der Waals surface area contributed by atoms with Crippen molar-refractivity contribution in [3.05, 3.63) is 11.6 Å². The molecule has 2 aliphatic rings. The highest BCUT2D eigenvalue weighted by Gasteiger charge is 2.64. The van der Waals surface area contributed by atoms with Crippen molar-refractivity contribution in [2.45, 2.75) is 53.9 Å². The zero-order valence-corrected chi connectivity index (χ0v) is 15.3. The minimum Gasteiger partial charge on any atom is -0.466 e. The zero-order chi connectivity index (χ0) is 18.1. The number of ketones is 1. The van der Waals surface area contributed by atoms with Crippen LogP contribution in [-0.4, -0.2) is 30.9 Å². The average molecular weight is 336 g/mol. The molecule has 0 aromatic rings. The Kier molecular flexibility index (Phi) is 5.21. The van der Waals surface area contributed by atoms with E-state index in [-0.39, 0.29) is 42.2 Å². The number of fused-ring (bicyclic) bond motifs is 2. The molecule has 0 amide bonds. The van der Waals surface area contributed by atoms with E-state index in [4.69, 9.17) is 9.47 Å². The van der Waals surface area contributed by atoms with Crippen LogP contribution in [-0.2, 0) is 23.9 Å². The fraction of sp³-hybridized carbons (Fsp3) is 0.737. The first-order valence-corrected chi connectivity index (χ1v) is 8.77. The van der Waals surface area contributed by atoms with E-state index in [9.17, 15) is 14.4 Å². The predicted molar refractivity (Wildman–Crippen MR) is 89.1 cm³/mol. The van der Waals surface area contributed by atoms with Gasteiger partial charge in [-0.3, -0.25) is 14.4 Å². The number of rotatable bonds is 6. The molecule has 0 aromatic heterocycles. The Bertz CT molecular complexity index is 574. The molecule has 0 aliphatic heterocycles. The Labute approximate surface area is 143 Å². The van der Waals surface area contributed by atoms with Gasteiger partial charge in [0.15, 0.2) is 5.78 Å². The number of esters is 2. The van der Waals surface area contributed by atoms with Crippen molar-refractivity contribution in [3.63, 3.8) is 0 Å². The first-order chi connectivity index (χ1) is 11.2. The number of carbonyl (C=O) groups excluding carboxylic acids is 3. The van der Waals surface area contributed by atoms with Crippen molar-refractivity contribution in [1.82, 2.24) is 0 Å². The van der Waals surface area contributed by atoms with Crippen LogP contribution in [0.3, 0.4) is 0 Å². The fourth-order valence-corrected chi connectivity index (χ4v) is 4.20. The fourth-order valence-electron chi connectivity index (χ4n) is 4.20. The zero-order valence-electron chi connectivity index (χ0n) is 15.3. The van der Waals surface area contributed by atoms with Crippen molar-refractivity contribution in [2.24, 2.45) is 22.7 Å². The lowest BCUT2D eigenvalue weighted by atomic mass is 9.70. The molecule has 2 bridgehead atoms. The summed E-state index contributed by atoms with van der Waals surface area (Å²) in [7, 11) is 0. The maximum atomic E-state index is 12.9. The van der Waals surface area contributed by atoms with E-state index in [0.29, 0.717) is 5.57 Å². The maximum absolute atomic E-state index is 12.9. The number of allylic oxidation sites excluding steroid dienone is 1. The minimum atomic E-state index is -0.762. The number of hydrogen-bond donors (Lipinski definition) is 0. The highest BCUT2D eigenvalue weighted by Crippen LogP contribution is 2.65. The third-order valence-corrected chi connectivity index (χ3v) is 6.03. The minimum absolute atomic E-state index is 0.0900. The third kappa shape index (κ3) is 2.89. The van der Waals surface area contributed by atoms with Gasteiger partial charge in [0.25, 0.3) is 0 Å². The van der Waals surface area contributed by atoms with Gasteiger partial charge in [0.2, 0.25) is 0 Å².